The van der Waals surface area contributed by atoms with E-state index in [9.17, 15) is 18.0 Å². The van der Waals surface area contributed by atoms with Gasteiger partial charge in [-0.05, 0) is 6.42 Å². The molecule has 0 aliphatic carbocycles. The lowest BCUT2D eigenvalue weighted by atomic mass is 10.0. The molecule has 0 bridgehead atoms. The fraction of sp³-hybridized carbons (Fsp3) is 0.938. The lowest BCUT2D eigenvalue weighted by molar-refractivity contribution is -0.170. The number of unbranched alkanes of at least 4 members (excludes halogenated alkanes) is 10. The lowest BCUT2D eigenvalue weighted by Crippen LogP contribution is -2.31. The molecule has 0 saturated carbocycles. The van der Waals surface area contributed by atoms with E-state index in [1.807, 2.05) is 0 Å². The molecule has 0 N–H and O–H groups in total. The first-order valence-corrected chi connectivity index (χ1v) is 8.58. The van der Waals surface area contributed by atoms with Gasteiger partial charge in [0.05, 0.1) is 0 Å². The Hall–Kier alpha value is -0.250. The summed E-state index contributed by atoms with van der Waals surface area (Å²) < 4.78 is 36.3. The molecule has 0 spiro atoms. The Kier molecular flexibility index (Phi) is 12.2. The number of Topliss-reactive ketones (excluding diaryl/α,β-unsaturated/α-hetero) is 1. The second-order valence-electron chi connectivity index (χ2n) is 5.65. The van der Waals surface area contributed by atoms with Crippen molar-refractivity contribution in [2.45, 2.75) is 95.5 Å². The smallest absolute Gasteiger partial charge is 0.288 e. The van der Waals surface area contributed by atoms with Gasteiger partial charge in [-0.2, -0.15) is 13.2 Å². The van der Waals surface area contributed by atoms with E-state index in [0.717, 1.165) is 19.3 Å². The molecule has 0 heterocycles. The van der Waals surface area contributed by atoms with Crippen molar-refractivity contribution in [2.75, 3.05) is 0 Å². The molecule has 0 aromatic heterocycles. The third-order valence-electron chi connectivity index (χ3n) is 3.63. The topological polar surface area (TPSA) is 17.1 Å². The number of carbonyl (C=O) groups excluding carboxylic acids is 1. The molecule has 0 amide bonds. The molecule has 0 fully saturated rings. The molecule has 126 valence electrons. The molecular formula is C16H28ClF3O. The number of hydrogen-bond donors (Lipinski definition) is 0. The van der Waals surface area contributed by atoms with Crippen LogP contribution in [0.4, 0.5) is 13.2 Å². The van der Waals surface area contributed by atoms with Gasteiger partial charge in [0.2, 0.25) is 0 Å². The summed E-state index contributed by atoms with van der Waals surface area (Å²) >= 11 is 5.47. The minimum atomic E-state index is -4.80. The highest BCUT2D eigenvalue weighted by Gasteiger charge is 2.42. The van der Waals surface area contributed by atoms with E-state index in [0.29, 0.717) is 6.42 Å². The summed E-state index contributed by atoms with van der Waals surface area (Å²) in [7, 11) is 0. The summed E-state index contributed by atoms with van der Waals surface area (Å²) in [6.45, 7) is 2.20. The van der Waals surface area contributed by atoms with Gasteiger partial charge in [-0.25, -0.2) is 0 Å². The van der Waals surface area contributed by atoms with E-state index < -0.39 is 17.3 Å². The number of hydrogen-bond acceptors (Lipinski definition) is 1. The van der Waals surface area contributed by atoms with Gasteiger partial charge >= 0.3 is 6.18 Å². The fourth-order valence-electron chi connectivity index (χ4n) is 2.30. The molecule has 21 heavy (non-hydrogen) atoms. The van der Waals surface area contributed by atoms with Crippen LogP contribution in [0.5, 0.6) is 0 Å². The van der Waals surface area contributed by atoms with Crippen molar-refractivity contribution < 1.29 is 18.0 Å². The summed E-state index contributed by atoms with van der Waals surface area (Å²) in [4.78, 5) is 10.8. The van der Waals surface area contributed by atoms with Crippen LogP contribution in [0.15, 0.2) is 0 Å². The van der Waals surface area contributed by atoms with Crippen LogP contribution in [0.1, 0.15) is 84.0 Å². The van der Waals surface area contributed by atoms with Crippen molar-refractivity contribution in [3.63, 3.8) is 0 Å². The van der Waals surface area contributed by atoms with E-state index in [4.69, 9.17) is 11.6 Å². The van der Waals surface area contributed by atoms with Gasteiger partial charge in [0.1, 0.15) is 5.38 Å². The molecule has 0 saturated heterocycles. The maximum absolute atomic E-state index is 12.1. The van der Waals surface area contributed by atoms with Gasteiger partial charge in [-0.1, -0.05) is 77.6 Å². The van der Waals surface area contributed by atoms with E-state index in [-0.39, 0.29) is 6.42 Å². The third-order valence-corrected chi connectivity index (χ3v) is 4.04. The Balaban J connectivity index is 3.35. The summed E-state index contributed by atoms with van der Waals surface area (Å²) in [5, 5.41) is -1.41. The van der Waals surface area contributed by atoms with Crippen molar-refractivity contribution in [2.24, 2.45) is 0 Å². The van der Waals surface area contributed by atoms with E-state index in [2.05, 4.69) is 6.92 Å². The molecule has 0 aliphatic heterocycles. The quantitative estimate of drug-likeness (QED) is 0.281. The van der Waals surface area contributed by atoms with Crippen LogP contribution in [-0.2, 0) is 4.79 Å². The minimum absolute atomic E-state index is 0.122. The summed E-state index contributed by atoms with van der Waals surface area (Å²) in [5.74, 6) is -1.81. The fourth-order valence-corrected chi connectivity index (χ4v) is 2.57. The predicted octanol–water partition coefficient (Wildman–Crippen LogP) is 6.43. The first kappa shape index (κ1) is 20.8. The zero-order valence-corrected chi connectivity index (χ0v) is 13.7. The highest BCUT2D eigenvalue weighted by molar-refractivity contribution is 6.31. The van der Waals surface area contributed by atoms with Crippen LogP contribution >= 0.6 is 11.6 Å². The normalized spacial score (nSPS) is 13.4. The summed E-state index contributed by atoms with van der Waals surface area (Å²) in [6.07, 6.45) is 7.82. The molecule has 5 heteroatoms. The van der Waals surface area contributed by atoms with E-state index in [1.54, 1.807) is 0 Å². The van der Waals surface area contributed by atoms with Crippen LogP contribution < -0.4 is 0 Å². The molecule has 1 unspecified atom stereocenters. The molecule has 1 nitrogen and oxygen atoms in total. The molecule has 0 rings (SSSR count). The Morgan fingerprint density at radius 2 is 1.24 bits per heavy atom. The molecule has 0 aromatic carbocycles. The van der Waals surface area contributed by atoms with E-state index >= 15 is 0 Å². The molecular weight excluding hydrogens is 301 g/mol. The standard InChI is InChI=1S/C16H28ClF3O/c1-2-3-4-5-6-7-8-9-10-11-12-13-14(17)15(21)16(18,19)20/h14H,2-13H2,1H3. The highest BCUT2D eigenvalue weighted by atomic mass is 35.5. The lowest BCUT2D eigenvalue weighted by Gasteiger charge is -2.10. The van der Waals surface area contributed by atoms with Gasteiger partial charge in [0.25, 0.3) is 5.78 Å². The van der Waals surface area contributed by atoms with Gasteiger partial charge < -0.3 is 0 Å². The molecule has 1 atom stereocenters. The van der Waals surface area contributed by atoms with Crippen molar-refractivity contribution in [3.8, 4) is 0 Å². The van der Waals surface area contributed by atoms with Gasteiger partial charge in [0, 0.05) is 0 Å². The summed E-state index contributed by atoms with van der Waals surface area (Å²) in [6, 6.07) is 0. The largest absolute Gasteiger partial charge is 0.451 e. The minimum Gasteiger partial charge on any atom is -0.288 e. The van der Waals surface area contributed by atoms with Crippen LogP contribution in [0, 0.1) is 0 Å². The Morgan fingerprint density at radius 3 is 1.62 bits per heavy atom. The maximum atomic E-state index is 12.1. The maximum Gasteiger partial charge on any atom is 0.451 e. The highest BCUT2D eigenvalue weighted by Crippen LogP contribution is 2.23. The van der Waals surface area contributed by atoms with Crippen LogP contribution in [-0.4, -0.2) is 17.3 Å². The monoisotopic (exact) mass is 328 g/mol. The van der Waals surface area contributed by atoms with E-state index in [1.165, 1.54) is 44.9 Å². The first-order chi connectivity index (χ1) is 9.89. The average Bonchev–Trinajstić information content (AvgIpc) is 2.42. The Morgan fingerprint density at radius 1 is 0.857 bits per heavy atom. The number of ketones is 1. The van der Waals surface area contributed by atoms with Gasteiger partial charge in [-0.15, -0.1) is 11.6 Å². The number of rotatable bonds is 13. The Bertz CT molecular complexity index is 267. The zero-order chi connectivity index (χ0) is 16.1. The second kappa shape index (κ2) is 12.3. The zero-order valence-electron chi connectivity index (χ0n) is 13.0. The van der Waals surface area contributed by atoms with Crippen LogP contribution in [0.3, 0.4) is 0 Å². The third kappa shape index (κ3) is 12.0. The average molecular weight is 329 g/mol. The molecule has 0 radical (unpaired) electrons. The van der Waals surface area contributed by atoms with Crippen LogP contribution in [0.2, 0.25) is 0 Å². The van der Waals surface area contributed by atoms with Crippen molar-refractivity contribution in [1.82, 2.24) is 0 Å². The van der Waals surface area contributed by atoms with Crippen molar-refractivity contribution in [1.29, 1.82) is 0 Å². The number of alkyl halides is 4. The van der Waals surface area contributed by atoms with Gasteiger partial charge in [0.15, 0.2) is 0 Å². The van der Waals surface area contributed by atoms with Crippen LogP contribution in [0.25, 0.3) is 0 Å². The predicted molar refractivity (Wildman–Crippen MR) is 81.8 cm³/mol. The first-order valence-electron chi connectivity index (χ1n) is 8.14. The molecule has 0 aromatic rings. The van der Waals surface area contributed by atoms with Crippen molar-refractivity contribution >= 4 is 17.4 Å². The number of carbonyl (C=O) groups is 1. The number of halogens is 4. The molecule has 0 aliphatic rings. The SMILES string of the molecule is CCCCCCCCCCCCCC(Cl)C(=O)C(F)(F)F. The second-order valence-corrected chi connectivity index (χ2v) is 6.18. The van der Waals surface area contributed by atoms with Gasteiger partial charge in [-0.3, -0.25) is 4.79 Å². The Labute approximate surface area is 131 Å². The summed E-state index contributed by atoms with van der Waals surface area (Å²) in [5.41, 5.74) is 0. The van der Waals surface area contributed by atoms with Crippen molar-refractivity contribution in [3.05, 3.63) is 0 Å².